The Hall–Kier alpha value is -0.397. The van der Waals surface area contributed by atoms with Gasteiger partial charge in [0.1, 0.15) is 0 Å². The Kier molecular flexibility index (Phi) is 15.2. The van der Waals surface area contributed by atoms with Crippen molar-refractivity contribution >= 4 is 22.6 Å². The maximum atomic E-state index is 9.22. The summed E-state index contributed by atoms with van der Waals surface area (Å²) in [6.45, 7) is 2.97. The van der Waals surface area contributed by atoms with Gasteiger partial charge in [0.05, 0.1) is 18.2 Å². The van der Waals surface area contributed by atoms with Gasteiger partial charge in [0.15, 0.2) is 0 Å². The minimum atomic E-state index is -2.33. The average Bonchev–Trinajstić information content (AvgIpc) is 2.80. The summed E-state index contributed by atoms with van der Waals surface area (Å²) in [6, 6.07) is 16.7. The molecular weight excluding hydrogens is 486 g/mol. The molecule has 8 nitrogen and oxygen atoms in total. The van der Waals surface area contributed by atoms with E-state index in [1.165, 1.54) is 0 Å². The van der Waals surface area contributed by atoms with E-state index in [0.29, 0.717) is 11.6 Å². The SMILES string of the molecule is N#Cc1cccc(-c2cc(NC3CCN(CCO)CC3)c3cnccc3c2)c1.O=C([O-])[O-].[K+].[K+]. The summed E-state index contributed by atoms with van der Waals surface area (Å²) in [4.78, 5) is 15.0. The topological polar surface area (TPSA) is 135 Å². The molecule has 2 N–H and O–H groups in total. The van der Waals surface area contributed by atoms with Crippen LogP contribution in [-0.2, 0) is 0 Å². The number of rotatable bonds is 5. The van der Waals surface area contributed by atoms with E-state index in [9.17, 15) is 5.26 Å². The fourth-order valence-electron chi connectivity index (χ4n) is 3.92. The first-order valence-corrected chi connectivity index (χ1v) is 10.4. The first-order valence-electron chi connectivity index (χ1n) is 10.4. The van der Waals surface area contributed by atoms with Gasteiger partial charge in [0.2, 0.25) is 0 Å². The Balaban J connectivity index is 0.000000895. The van der Waals surface area contributed by atoms with Crippen molar-refractivity contribution in [1.82, 2.24) is 9.88 Å². The third-order valence-electron chi connectivity index (χ3n) is 5.44. The zero-order chi connectivity index (χ0) is 22.9. The second kappa shape index (κ2) is 16.4. The van der Waals surface area contributed by atoms with Crippen molar-refractivity contribution in [3.63, 3.8) is 0 Å². The molecule has 2 heterocycles. The number of carbonyl (C=O) groups is 1. The number of nitriles is 1. The number of nitrogens with zero attached hydrogens (tertiary/aromatic N) is 3. The molecule has 0 spiro atoms. The number of hydrogen-bond acceptors (Lipinski definition) is 8. The predicted molar refractivity (Wildman–Crippen MR) is 117 cm³/mol. The van der Waals surface area contributed by atoms with E-state index in [0.717, 1.165) is 60.1 Å². The molecule has 0 radical (unpaired) electrons. The van der Waals surface area contributed by atoms with E-state index in [4.69, 9.17) is 20.1 Å². The Morgan fingerprint density at radius 2 is 1.85 bits per heavy atom. The van der Waals surface area contributed by atoms with Gasteiger partial charge in [-0.05, 0) is 65.8 Å². The molecule has 2 aromatic carbocycles. The number of hydrogen-bond donors (Lipinski definition) is 2. The summed E-state index contributed by atoms with van der Waals surface area (Å²) < 4.78 is 0. The fourth-order valence-corrected chi connectivity index (χ4v) is 3.92. The van der Waals surface area contributed by atoms with E-state index in [1.54, 1.807) is 0 Å². The predicted octanol–water partition coefficient (Wildman–Crippen LogP) is -4.80. The van der Waals surface area contributed by atoms with Crippen LogP contribution in [0.25, 0.3) is 21.9 Å². The molecule has 1 aliphatic heterocycles. The molecular formula is C24H24K2N4O4. The minimum Gasteiger partial charge on any atom is -0.652 e. The van der Waals surface area contributed by atoms with Crippen molar-refractivity contribution in [1.29, 1.82) is 5.26 Å². The Labute approximate surface area is 284 Å². The average molecular weight is 511 g/mol. The number of aromatic nitrogens is 1. The van der Waals surface area contributed by atoms with Gasteiger partial charge < -0.3 is 30.3 Å². The molecule has 1 fully saturated rings. The maximum Gasteiger partial charge on any atom is 1.00 e. The molecule has 0 unspecified atom stereocenters. The van der Waals surface area contributed by atoms with Gasteiger partial charge >= 0.3 is 103 Å². The van der Waals surface area contributed by atoms with Crippen LogP contribution in [0.1, 0.15) is 18.4 Å². The normalized spacial score (nSPS) is 13.4. The maximum absolute atomic E-state index is 9.22. The summed E-state index contributed by atoms with van der Waals surface area (Å²) in [5.41, 5.74) is 3.89. The summed E-state index contributed by atoms with van der Waals surface area (Å²) in [5.74, 6) is 0. The number of anilines is 1. The zero-order valence-corrected chi connectivity index (χ0v) is 25.8. The van der Waals surface area contributed by atoms with E-state index in [1.807, 2.05) is 42.7 Å². The Morgan fingerprint density at radius 1 is 1.15 bits per heavy atom. The monoisotopic (exact) mass is 510 g/mol. The Bertz CT molecular complexity index is 1110. The largest absolute Gasteiger partial charge is 1.00 e. The number of fused-ring (bicyclic) bond motifs is 1. The third kappa shape index (κ3) is 9.57. The third-order valence-corrected chi connectivity index (χ3v) is 5.44. The van der Waals surface area contributed by atoms with Crippen molar-refractivity contribution in [2.45, 2.75) is 18.9 Å². The molecule has 0 amide bonds. The van der Waals surface area contributed by atoms with Crippen LogP contribution in [0.3, 0.4) is 0 Å². The summed E-state index contributed by atoms with van der Waals surface area (Å²) in [7, 11) is 0. The molecule has 34 heavy (non-hydrogen) atoms. The number of carboxylic acid groups (broad SMARTS) is 2. The van der Waals surface area contributed by atoms with Crippen molar-refractivity contribution in [3.05, 3.63) is 60.4 Å². The molecule has 1 saturated heterocycles. The van der Waals surface area contributed by atoms with Crippen LogP contribution in [0, 0.1) is 11.3 Å². The van der Waals surface area contributed by atoms with Crippen LogP contribution in [0.2, 0.25) is 0 Å². The number of piperidine rings is 1. The number of β-amino-alcohol motifs (C(OH)–C–C–N with tert-alkyl or cyclic N) is 1. The number of carbonyl (C=O) groups excluding carboxylic acids is 1. The molecule has 0 atom stereocenters. The molecule has 1 aromatic heterocycles. The smallest absolute Gasteiger partial charge is 0.652 e. The van der Waals surface area contributed by atoms with Crippen LogP contribution in [0.15, 0.2) is 54.9 Å². The molecule has 3 aromatic rings. The molecule has 0 aliphatic carbocycles. The summed E-state index contributed by atoms with van der Waals surface area (Å²) >= 11 is 0. The molecule has 166 valence electrons. The molecule has 10 heteroatoms. The first-order chi connectivity index (χ1) is 15.5. The number of aliphatic hydroxyl groups is 1. The number of likely N-dealkylation sites (tertiary alicyclic amines) is 1. The quantitative estimate of drug-likeness (QED) is 0.327. The minimum absolute atomic E-state index is 0. The van der Waals surface area contributed by atoms with Crippen LogP contribution in [0.5, 0.6) is 0 Å². The molecule has 4 rings (SSSR count). The van der Waals surface area contributed by atoms with Gasteiger partial charge in [0.25, 0.3) is 0 Å². The second-order valence-corrected chi connectivity index (χ2v) is 7.55. The molecule has 1 aliphatic rings. The summed E-state index contributed by atoms with van der Waals surface area (Å²) in [5, 5.41) is 41.0. The number of pyridine rings is 1. The van der Waals surface area contributed by atoms with Crippen molar-refractivity contribution in [3.8, 4) is 17.2 Å². The van der Waals surface area contributed by atoms with Crippen LogP contribution in [-0.4, -0.2) is 53.4 Å². The van der Waals surface area contributed by atoms with E-state index >= 15 is 0 Å². The molecule has 0 bridgehead atoms. The van der Waals surface area contributed by atoms with Crippen LogP contribution >= 0.6 is 0 Å². The van der Waals surface area contributed by atoms with Gasteiger partial charge in [-0.25, -0.2) is 0 Å². The zero-order valence-electron chi connectivity index (χ0n) is 19.5. The van der Waals surface area contributed by atoms with Gasteiger partial charge in [0, 0.05) is 49.1 Å². The number of benzene rings is 2. The van der Waals surface area contributed by atoms with Crippen molar-refractivity contribution in [2.75, 3.05) is 31.6 Å². The van der Waals surface area contributed by atoms with Crippen LogP contribution < -0.4 is 118 Å². The first kappa shape index (κ1) is 31.6. The van der Waals surface area contributed by atoms with Crippen molar-refractivity contribution in [2.24, 2.45) is 0 Å². The number of nitrogens with one attached hydrogen (secondary N) is 1. The van der Waals surface area contributed by atoms with Gasteiger partial charge in [-0.2, -0.15) is 5.26 Å². The Morgan fingerprint density at radius 3 is 2.50 bits per heavy atom. The van der Waals surface area contributed by atoms with Crippen molar-refractivity contribution < 1.29 is 123 Å². The van der Waals surface area contributed by atoms with Gasteiger partial charge in [-0.1, -0.05) is 12.1 Å². The standard InChI is InChI=1S/C23H24N4O.CH2O3.2K/c24-15-17-2-1-3-18(12-17)20-13-19-4-7-25-16-22(19)23(14-20)26-21-5-8-27(9-6-21)10-11-28;2-1(3)4;;/h1-4,7,12-14,16,21,26,28H,5-6,8-11H2;(H2,2,3,4);;/q;;2*+1/p-2. The molecule has 0 saturated carbocycles. The van der Waals surface area contributed by atoms with Crippen LogP contribution in [0.4, 0.5) is 10.5 Å². The van der Waals surface area contributed by atoms with E-state index in [-0.39, 0.29) is 109 Å². The second-order valence-electron chi connectivity index (χ2n) is 7.55. The van der Waals surface area contributed by atoms with Gasteiger partial charge in [-0.3, -0.25) is 4.98 Å². The fraction of sp³-hybridized carbons (Fsp3) is 0.292. The summed E-state index contributed by atoms with van der Waals surface area (Å²) in [6.07, 6.45) is 3.49. The van der Waals surface area contributed by atoms with E-state index in [2.05, 4.69) is 33.4 Å². The number of aliphatic hydroxyl groups excluding tert-OH is 1. The van der Waals surface area contributed by atoms with E-state index < -0.39 is 6.16 Å². The van der Waals surface area contributed by atoms with Gasteiger partial charge in [-0.15, -0.1) is 0 Å².